The standard InChI is InChI=1S/C16H18N2/c1-2-12-18-16-9-5-14(6-10-16)13-3-7-15(8-4-13)17-11-1/h3-10,17-18H,1-2,11-12H2. The van der Waals surface area contributed by atoms with Crippen molar-refractivity contribution in [2.24, 2.45) is 0 Å². The first-order valence-electron chi connectivity index (χ1n) is 6.60. The Bertz CT molecular complexity index is 450. The molecule has 2 aromatic carbocycles. The summed E-state index contributed by atoms with van der Waals surface area (Å²) in [4.78, 5) is 0. The summed E-state index contributed by atoms with van der Waals surface area (Å²) in [7, 11) is 0. The molecule has 0 fully saturated rings. The molecule has 4 aliphatic heterocycles. The monoisotopic (exact) mass is 238 g/mol. The number of rotatable bonds is 0. The van der Waals surface area contributed by atoms with Crippen molar-refractivity contribution in [3.63, 3.8) is 0 Å². The molecule has 92 valence electrons. The molecule has 0 amide bonds. The highest BCUT2D eigenvalue weighted by atomic mass is 14.9. The summed E-state index contributed by atoms with van der Waals surface area (Å²) in [6.45, 7) is 2.08. The van der Waals surface area contributed by atoms with Gasteiger partial charge < -0.3 is 10.6 Å². The van der Waals surface area contributed by atoms with E-state index in [0.717, 1.165) is 13.1 Å². The molecule has 0 atom stereocenters. The van der Waals surface area contributed by atoms with Gasteiger partial charge in [0, 0.05) is 24.5 Å². The van der Waals surface area contributed by atoms with Gasteiger partial charge in [-0.15, -0.1) is 0 Å². The molecular weight excluding hydrogens is 220 g/mol. The summed E-state index contributed by atoms with van der Waals surface area (Å²) in [5.41, 5.74) is 4.95. The minimum atomic E-state index is 1.04. The molecule has 6 rings (SSSR count). The Hall–Kier alpha value is -1.96. The minimum Gasteiger partial charge on any atom is -0.385 e. The van der Waals surface area contributed by atoms with Crippen molar-refractivity contribution < 1.29 is 0 Å². The predicted molar refractivity (Wildman–Crippen MR) is 78.1 cm³/mol. The largest absolute Gasteiger partial charge is 0.385 e. The third-order valence-electron chi connectivity index (χ3n) is 3.36. The molecule has 2 N–H and O–H groups in total. The van der Waals surface area contributed by atoms with E-state index in [0.29, 0.717) is 0 Å². The fourth-order valence-electron chi connectivity index (χ4n) is 2.28. The van der Waals surface area contributed by atoms with Crippen molar-refractivity contribution in [2.75, 3.05) is 23.7 Å². The molecular formula is C16H18N2. The normalized spacial score (nSPS) is 14.7. The number of nitrogens with one attached hydrogen (secondary N) is 2. The van der Waals surface area contributed by atoms with Gasteiger partial charge in [0.2, 0.25) is 0 Å². The van der Waals surface area contributed by atoms with Gasteiger partial charge in [-0.2, -0.15) is 0 Å². The van der Waals surface area contributed by atoms with E-state index in [2.05, 4.69) is 59.2 Å². The second kappa shape index (κ2) is 5.13. The average molecular weight is 238 g/mol. The molecule has 0 radical (unpaired) electrons. The topological polar surface area (TPSA) is 24.1 Å². The predicted octanol–water partition coefficient (Wildman–Crippen LogP) is 3.97. The van der Waals surface area contributed by atoms with Gasteiger partial charge in [-0.3, -0.25) is 0 Å². The van der Waals surface area contributed by atoms with Crippen LogP contribution in [-0.2, 0) is 0 Å². The summed E-state index contributed by atoms with van der Waals surface area (Å²) in [5.74, 6) is 0. The highest BCUT2D eigenvalue weighted by Gasteiger charge is 2.00. The van der Waals surface area contributed by atoms with Crippen LogP contribution in [-0.4, -0.2) is 13.1 Å². The van der Waals surface area contributed by atoms with E-state index in [-0.39, 0.29) is 0 Å². The van der Waals surface area contributed by atoms with Crippen LogP contribution >= 0.6 is 0 Å². The second-order valence-electron chi connectivity index (χ2n) is 4.72. The first kappa shape index (κ1) is 11.1. The van der Waals surface area contributed by atoms with Gasteiger partial charge >= 0.3 is 0 Å². The van der Waals surface area contributed by atoms with E-state index in [1.54, 1.807) is 0 Å². The first-order valence-corrected chi connectivity index (χ1v) is 6.60. The highest BCUT2D eigenvalue weighted by Crippen LogP contribution is 2.23. The Kier molecular flexibility index (Phi) is 3.18. The number of hydrogen-bond acceptors (Lipinski definition) is 2. The molecule has 2 aromatic rings. The average Bonchev–Trinajstić information content (AvgIpc) is 2.44. The molecule has 18 heavy (non-hydrogen) atoms. The summed E-state index contributed by atoms with van der Waals surface area (Å²) in [6.07, 6.45) is 2.37. The van der Waals surface area contributed by atoms with E-state index in [4.69, 9.17) is 0 Å². The van der Waals surface area contributed by atoms with Crippen LogP contribution in [0.5, 0.6) is 0 Å². The van der Waals surface area contributed by atoms with Crippen molar-refractivity contribution in [2.45, 2.75) is 12.8 Å². The molecule has 0 aliphatic carbocycles. The zero-order valence-electron chi connectivity index (χ0n) is 10.4. The molecule has 0 aromatic heterocycles. The maximum absolute atomic E-state index is 3.46. The maximum atomic E-state index is 3.46. The SMILES string of the molecule is c1cc2ccc1NCCCCNc1ccc-2cc1. The quantitative estimate of drug-likeness (QED) is 0.725. The molecule has 0 spiro atoms. The minimum absolute atomic E-state index is 1.04. The Labute approximate surface area is 108 Å². The van der Waals surface area contributed by atoms with Crippen LogP contribution in [0.1, 0.15) is 12.8 Å². The summed E-state index contributed by atoms with van der Waals surface area (Å²) in [6, 6.07) is 17.3. The van der Waals surface area contributed by atoms with Crippen LogP contribution in [0.25, 0.3) is 11.1 Å². The van der Waals surface area contributed by atoms with Crippen LogP contribution in [0.2, 0.25) is 0 Å². The molecule has 2 nitrogen and oxygen atoms in total. The van der Waals surface area contributed by atoms with Crippen LogP contribution in [0.15, 0.2) is 48.5 Å². The molecule has 0 saturated heterocycles. The Balaban J connectivity index is 1.95. The number of anilines is 2. The molecule has 4 aliphatic rings. The van der Waals surface area contributed by atoms with E-state index >= 15 is 0 Å². The van der Waals surface area contributed by atoms with Gasteiger partial charge in [-0.05, 0) is 48.2 Å². The lowest BCUT2D eigenvalue weighted by Crippen LogP contribution is -2.06. The first-order chi connectivity index (χ1) is 8.92. The lowest BCUT2D eigenvalue weighted by molar-refractivity contribution is 0.796. The van der Waals surface area contributed by atoms with Gasteiger partial charge in [0.25, 0.3) is 0 Å². The third kappa shape index (κ3) is 2.48. The van der Waals surface area contributed by atoms with Crippen LogP contribution in [0.4, 0.5) is 11.4 Å². The van der Waals surface area contributed by atoms with Crippen molar-refractivity contribution in [3.05, 3.63) is 48.5 Å². The van der Waals surface area contributed by atoms with Crippen molar-refractivity contribution in [1.29, 1.82) is 0 Å². The van der Waals surface area contributed by atoms with Gasteiger partial charge in [0.15, 0.2) is 0 Å². The van der Waals surface area contributed by atoms with Crippen LogP contribution in [0, 0.1) is 0 Å². The van der Waals surface area contributed by atoms with E-state index in [1.165, 1.54) is 35.3 Å². The Morgan fingerprint density at radius 1 is 0.556 bits per heavy atom. The van der Waals surface area contributed by atoms with E-state index in [9.17, 15) is 0 Å². The van der Waals surface area contributed by atoms with Crippen molar-refractivity contribution >= 4 is 11.4 Å². The van der Waals surface area contributed by atoms with Crippen LogP contribution in [0.3, 0.4) is 0 Å². The molecule has 4 heterocycles. The molecule has 0 saturated carbocycles. The smallest absolute Gasteiger partial charge is 0.0340 e. The number of benzene rings is 2. The van der Waals surface area contributed by atoms with Gasteiger partial charge in [-0.25, -0.2) is 0 Å². The van der Waals surface area contributed by atoms with Crippen molar-refractivity contribution in [3.8, 4) is 11.1 Å². The third-order valence-corrected chi connectivity index (χ3v) is 3.36. The lowest BCUT2D eigenvalue weighted by Gasteiger charge is -2.11. The maximum Gasteiger partial charge on any atom is 0.0340 e. The second-order valence-corrected chi connectivity index (χ2v) is 4.72. The van der Waals surface area contributed by atoms with Gasteiger partial charge in [0.1, 0.15) is 0 Å². The zero-order valence-corrected chi connectivity index (χ0v) is 10.4. The molecule has 0 unspecified atom stereocenters. The van der Waals surface area contributed by atoms with E-state index in [1.807, 2.05) is 0 Å². The molecule has 2 heteroatoms. The lowest BCUT2D eigenvalue weighted by atomic mass is 10.0. The summed E-state index contributed by atoms with van der Waals surface area (Å²) in [5, 5.41) is 6.91. The summed E-state index contributed by atoms with van der Waals surface area (Å²) < 4.78 is 0. The van der Waals surface area contributed by atoms with Gasteiger partial charge in [0.05, 0.1) is 0 Å². The van der Waals surface area contributed by atoms with Crippen LogP contribution < -0.4 is 10.6 Å². The van der Waals surface area contributed by atoms with Gasteiger partial charge in [-0.1, -0.05) is 24.3 Å². The zero-order chi connectivity index (χ0) is 12.2. The summed E-state index contributed by atoms with van der Waals surface area (Å²) >= 11 is 0. The Morgan fingerprint density at radius 2 is 0.944 bits per heavy atom. The van der Waals surface area contributed by atoms with Crippen molar-refractivity contribution in [1.82, 2.24) is 0 Å². The molecule has 4 bridgehead atoms. The number of hydrogen-bond donors (Lipinski definition) is 2. The Morgan fingerprint density at radius 3 is 1.33 bits per heavy atom. The van der Waals surface area contributed by atoms with E-state index < -0.39 is 0 Å². The fraction of sp³-hybridized carbons (Fsp3) is 0.250. The fourth-order valence-corrected chi connectivity index (χ4v) is 2.28. The highest BCUT2D eigenvalue weighted by molar-refractivity contribution is 5.68.